The number of hydrogen-bond donors (Lipinski definition) is 2. The van der Waals surface area contributed by atoms with E-state index in [9.17, 15) is 0 Å². The summed E-state index contributed by atoms with van der Waals surface area (Å²) in [4.78, 5) is 4.44. The molecule has 1 saturated heterocycles. The Morgan fingerprint density at radius 2 is 2.53 bits per heavy atom. The Balaban J connectivity index is 1.51. The van der Waals surface area contributed by atoms with E-state index < -0.39 is 0 Å². The highest BCUT2D eigenvalue weighted by Crippen LogP contribution is 2.07. The third kappa shape index (κ3) is 4.71. The zero-order valence-corrected chi connectivity index (χ0v) is 11.2. The van der Waals surface area contributed by atoms with Crippen molar-refractivity contribution in [1.29, 1.82) is 0 Å². The minimum Gasteiger partial charge on any atom is -0.379 e. The summed E-state index contributed by atoms with van der Waals surface area (Å²) < 4.78 is 5.41. The maximum absolute atomic E-state index is 5.41. The van der Waals surface area contributed by atoms with E-state index >= 15 is 0 Å². The highest BCUT2D eigenvalue weighted by atomic mass is 32.1. The lowest BCUT2D eigenvalue weighted by molar-refractivity contribution is 0.0743. The number of nitrogens with one attached hydrogen (secondary N) is 2. The first-order valence-electron chi connectivity index (χ1n) is 6.27. The van der Waals surface area contributed by atoms with E-state index in [-0.39, 0.29) is 0 Å². The molecule has 0 aromatic carbocycles. The predicted octanol–water partition coefficient (Wildman–Crippen LogP) is 0.962. The summed E-state index contributed by atoms with van der Waals surface area (Å²) in [6.07, 6.45) is 2.16. The topological polar surface area (TPSA) is 46.2 Å². The molecule has 17 heavy (non-hydrogen) atoms. The molecule has 96 valence electrons. The number of hydrogen-bond acceptors (Lipinski definition) is 5. The van der Waals surface area contributed by atoms with Crippen LogP contribution in [0.2, 0.25) is 0 Å². The van der Waals surface area contributed by atoms with Gasteiger partial charge in [-0.2, -0.15) is 0 Å². The number of rotatable bonds is 6. The van der Waals surface area contributed by atoms with Gasteiger partial charge in [-0.25, -0.2) is 4.98 Å². The van der Waals surface area contributed by atoms with Gasteiger partial charge in [0, 0.05) is 30.9 Å². The summed E-state index contributed by atoms with van der Waals surface area (Å²) in [6, 6.07) is 0.526. The molecule has 0 amide bonds. The van der Waals surface area contributed by atoms with Crippen LogP contribution in [0.25, 0.3) is 0 Å². The average Bonchev–Trinajstić information content (AvgIpc) is 2.76. The van der Waals surface area contributed by atoms with Gasteiger partial charge in [-0.15, -0.1) is 11.3 Å². The van der Waals surface area contributed by atoms with Crippen molar-refractivity contribution in [2.24, 2.45) is 0 Å². The molecule has 2 rings (SSSR count). The number of morpholine rings is 1. The van der Waals surface area contributed by atoms with Crippen molar-refractivity contribution in [1.82, 2.24) is 15.6 Å². The lowest BCUT2D eigenvalue weighted by atomic mass is 10.2. The van der Waals surface area contributed by atoms with Crippen LogP contribution in [0, 0.1) is 6.92 Å². The number of aryl methyl sites for hydroxylation is 1. The molecule has 1 aliphatic heterocycles. The highest BCUT2D eigenvalue weighted by molar-refractivity contribution is 7.09. The van der Waals surface area contributed by atoms with Crippen molar-refractivity contribution >= 4 is 11.3 Å². The van der Waals surface area contributed by atoms with Crippen LogP contribution < -0.4 is 10.6 Å². The van der Waals surface area contributed by atoms with Gasteiger partial charge in [0.1, 0.15) is 0 Å². The summed E-state index contributed by atoms with van der Waals surface area (Å²) in [5, 5.41) is 10.2. The van der Waals surface area contributed by atoms with Gasteiger partial charge in [0.25, 0.3) is 0 Å². The lowest BCUT2D eigenvalue weighted by Crippen LogP contribution is -2.42. The van der Waals surface area contributed by atoms with Gasteiger partial charge in [-0.1, -0.05) is 0 Å². The normalized spacial score (nSPS) is 20.6. The summed E-state index contributed by atoms with van der Waals surface area (Å²) in [5.74, 6) is 0. The van der Waals surface area contributed by atoms with Crippen molar-refractivity contribution in [2.75, 3.05) is 32.8 Å². The highest BCUT2D eigenvalue weighted by Gasteiger charge is 2.11. The molecule has 2 N–H and O–H groups in total. The van der Waals surface area contributed by atoms with Crippen LogP contribution in [-0.2, 0) is 11.2 Å². The van der Waals surface area contributed by atoms with Crippen LogP contribution >= 0.6 is 11.3 Å². The fourth-order valence-electron chi connectivity index (χ4n) is 1.95. The Labute approximate surface area is 107 Å². The van der Waals surface area contributed by atoms with E-state index in [4.69, 9.17) is 4.74 Å². The minimum absolute atomic E-state index is 0.526. The van der Waals surface area contributed by atoms with Gasteiger partial charge in [-0.05, 0) is 19.9 Å². The molecule has 4 nitrogen and oxygen atoms in total. The number of aromatic nitrogens is 1. The Morgan fingerprint density at radius 3 is 3.24 bits per heavy atom. The number of nitrogens with zero attached hydrogens (tertiary/aromatic N) is 1. The summed E-state index contributed by atoms with van der Waals surface area (Å²) in [7, 11) is 0. The Kier molecular flexibility index (Phi) is 5.38. The quantitative estimate of drug-likeness (QED) is 0.743. The molecule has 5 heteroatoms. The fraction of sp³-hybridized carbons (Fsp3) is 0.750. The summed E-state index contributed by atoms with van der Waals surface area (Å²) in [5.41, 5.74) is 1.21. The Hall–Kier alpha value is -0.490. The van der Waals surface area contributed by atoms with E-state index in [0.29, 0.717) is 6.04 Å². The molecule has 1 aromatic heterocycles. The van der Waals surface area contributed by atoms with Crippen molar-refractivity contribution in [3.05, 3.63) is 16.1 Å². The second kappa shape index (κ2) is 7.06. The average molecular weight is 255 g/mol. The van der Waals surface area contributed by atoms with E-state index in [2.05, 4.69) is 27.9 Å². The first-order valence-corrected chi connectivity index (χ1v) is 7.15. The maximum Gasteiger partial charge on any atom is 0.0897 e. The van der Waals surface area contributed by atoms with Gasteiger partial charge in [0.2, 0.25) is 0 Å². The maximum atomic E-state index is 5.41. The molecule has 0 saturated carbocycles. The fourth-order valence-corrected chi connectivity index (χ4v) is 2.59. The molecule has 1 aliphatic rings. The SMILES string of the molecule is Cc1nc(CCNCCC2COCCN2)cs1. The van der Waals surface area contributed by atoms with Gasteiger partial charge in [-0.3, -0.25) is 0 Å². The van der Waals surface area contributed by atoms with Crippen LogP contribution in [0.5, 0.6) is 0 Å². The second-order valence-corrected chi connectivity index (χ2v) is 5.43. The van der Waals surface area contributed by atoms with E-state index in [1.165, 1.54) is 5.69 Å². The molecule has 1 atom stereocenters. The van der Waals surface area contributed by atoms with Crippen LogP contribution in [0.1, 0.15) is 17.1 Å². The van der Waals surface area contributed by atoms with Gasteiger partial charge in [0.05, 0.1) is 23.9 Å². The van der Waals surface area contributed by atoms with E-state index in [0.717, 1.165) is 50.7 Å². The predicted molar refractivity (Wildman–Crippen MR) is 70.7 cm³/mol. The minimum atomic E-state index is 0.526. The van der Waals surface area contributed by atoms with Crippen molar-refractivity contribution in [2.45, 2.75) is 25.8 Å². The second-order valence-electron chi connectivity index (χ2n) is 4.37. The number of thiazole rings is 1. The van der Waals surface area contributed by atoms with Gasteiger partial charge < -0.3 is 15.4 Å². The van der Waals surface area contributed by atoms with Crippen LogP contribution in [0.4, 0.5) is 0 Å². The standard InChI is InChI=1S/C12H21N3OS/c1-10-15-12(9-17-10)3-5-13-4-2-11-8-16-7-6-14-11/h9,11,13-14H,2-8H2,1H3. The molecule has 0 spiro atoms. The molecular weight excluding hydrogens is 234 g/mol. The summed E-state index contributed by atoms with van der Waals surface area (Å²) in [6.45, 7) is 6.81. The molecule has 0 bridgehead atoms. The van der Waals surface area contributed by atoms with E-state index in [1.807, 2.05) is 0 Å². The van der Waals surface area contributed by atoms with Gasteiger partial charge >= 0.3 is 0 Å². The van der Waals surface area contributed by atoms with E-state index in [1.54, 1.807) is 11.3 Å². The first-order chi connectivity index (χ1) is 8.34. The monoisotopic (exact) mass is 255 g/mol. The largest absolute Gasteiger partial charge is 0.379 e. The molecular formula is C12H21N3OS. The number of ether oxygens (including phenoxy) is 1. The third-order valence-corrected chi connectivity index (χ3v) is 3.71. The molecule has 0 radical (unpaired) electrons. The summed E-state index contributed by atoms with van der Waals surface area (Å²) >= 11 is 1.73. The van der Waals surface area contributed by atoms with Gasteiger partial charge in [0.15, 0.2) is 0 Å². The zero-order chi connectivity index (χ0) is 11.9. The van der Waals surface area contributed by atoms with Crippen molar-refractivity contribution in [3.63, 3.8) is 0 Å². The van der Waals surface area contributed by atoms with Crippen LogP contribution in [-0.4, -0.2) is 43.9 Å². The molecule has 2 heterocycles. The first kappa shape index (κ1) is 13.0. The third-order valence-electron chi connectivity index (χ3n) is 2.89. The lowest BCUT2D eigenvalue weighted by Gasteiger charge is -2.23. The smallest absolute Gasteiger partial charge is 0.0897 e. The van der Waals surface area contributed by atoms with Crippen molar-refractivity contribution < 1.29 is 4.74 Å². The Morgan fingerprint density at radius 1 is 1.59 bits per heavy atom. The Bertz CT molecular complexity index is 323. The zero-order valence-electron chi connectivity index (χ0n) is 10.4. The molecule has 1 aromatic rings. The molecule has 1 fully saturated rings. The molecule has 0 aliphatic carbocycles. The van der Waals surface area contributed by atoms with Crippen molar-refractivity contribution in [3.8, 4) is 0 Å². The molecule has 1 unspecified atom stereocenters. The van der Waals surface area contributed by atoms with Crippen LogP contribution in [0.3, 0.4) is 0 Å². The van der Waals surface area contributed by atoms with Crippen LogP contribution in [0.15, 0.2) is 5.38 Å².